The predicted molar refractivity (Wildman–Crippen MR) is 185 cm³/mol. The summed E-state index contributed by atoms with van der Waals surface area (Å²) >= 11 is 0.982. The van der Waals surface area contributed by atoms with Gasteiger partial charge in [-0.3, -0.25) is 9.48 Å². The fraction of sp³-hybridized carbons (Fsp3) is 0.486. The average Bonchev–Trinajstić information content (AvgIpc) is 3.85. The summed E-state index contributed by atoms with van der Waals surface area (Å²) in [5, 5.41) is 22.7. The maximum atomic E-state index is 13.6. The molecule has 0 aliphatic carbocycles. The molecule has 0 spiro atoms. The lowest BCUT2D eigenvalue weighted by atomic mass is 10.0. The second-order valence-electron chi connectivity index (χ2n) is 13.6. The van der Waals surface area contributed by atoms with Gasteiger partial charge in [0.15, 0.2) is 0 Å². The number of ether oxygens (including phenoxy) is 2. The van der Waals surface area contributed by atoms with Gasteiger partial charge in [-0.05, 0) is 86.8 Å². The monoisotopic (exact) mass is 771 g/mol. The van der Waals surface area contributed by atoms with Gasteiger partial charge in [0, 0.05) is 37.8 Å². The summed E-state index contributed by atoms with van der Waals surface area (Å²) < 4.78 is 91.6. The summed E-state index contributed by atoms with van der Waals surface area (Å²) in [7, 11) is 0. The highest BCUT2D eigenvalue weighted by Crippen LogP contribution is 2.38. The van der Waals surface area contributed by atoms with Crippen LogP contribution in [0.4, 0.5) is 35.9 Å². The number of amidine groups is 1. The number of thioether (sulfide) groups is 1. The SMILES string of the molecule is CC(C)(C)OC(=O)N1CCC(O)C1.O=C1N=C(N2CCC(OCCO)C2)/C(=C/c2ccc3nn(Cc4ccc(C(F)(F)F)cc4C(F)(F)F)cc3c2)S1. The lowest BCUT2D eigenvalue weighted by molar-refractivity contribution is -0.143. The first-order valence-electron chi connectivity index (χ1n) is 16.7. The van der Waals surface area contributed by atoms with Crippen molar-refractivity contribution in [2.45, 2.75) is 70.3 Å². The van der Waals surface area contributed by atoms with Gasteiger partial charge in [-0.2, -0.15) is 36.4 Å². The Morgan fingerprint density at radius 2 is 1.77 bits per heavy atom. The number of carbonyl (C=O) groups is 2. The zero-order chi connectivity index (χ0) is 38.7. The Morgan fingerprint density at radius 3 is 2.42 bits per heavy atom. The highest BCUT2D eigenvalue weighted by atomic mass is 32.2. The third-order valence-electron chi connectivity index (χ3n) is 8.27. The molecule has 288 valence electrons. The maximum Gasteiger partial charge on any atom is 0.416 e. The number of rotatable bonds is 6. The number of alkyl halides is 6. The molecule has 53 heavy (non-hydrogen) atoms. The molecule has 2 fully saturated rings. The van der Waals surface area contributed by atoms with Gasteiger partial charge in [0.2, 0.25) is 0 Å². The second kappa shape index (κ2) is 16.1. The summed E-state index contributed by atoms with van der Waals surface area (Å²) in [6.07, 6.45) is -5.99. The molecular formula is C35H39F6N5O6S. The van der Waals surface area contributed by atoms with E-state index in [2.05, 4.69) is 10.1 Å². The fourth-order valence-corrected chi connectivity index (χ4v) is 6.66. The van der Waals surface area contributed by atoms with Gasteiger partial charge >= 0.3 is 23.7 Å². The quantitative estimate of drug-likeness (QED) is 0.260. The maximum absolute atomic E-state index is 13.6. The summed E-state index contributed by atoms with van der Waals surface area (Å²) in [6, 6.07) is 6.72. The molecule has 2 N–H and O–H groups in total. The Morgan fingerprint density at radius 1 is 1.02 bits per heavy atom. The van der Waals surface area contributed by atoms with Crippen LogP contribution in [-0.4, -0.2) is 104 Å². The van der Waals surface area contributed by atoms with E-state index in [0.717, 1.165) is 24.2 Å². The molecular weight excluding hydrogens is 732 g/mol. The molecule has 18 heteroatoms. The second-order valence-corrected chi connectivity index (χ2v) is 14.6. The van der Waals surface area contributed by atoms with E-state index in [9.17, 15) is 41.0 Å². The molecule has 0 bridgehead atoms. The van der Waals surface area contributed by atoms with Crippen LogP contribution in [0.25, 0.3) is 17.0 Å². The van der Waals surface area contributed by atoms with E-state index in [1.807, 2.05) is 25.7 Å². The number of nitrogens with zero attached hydrogens (tertiary/aromatic N) is 5. The number of carbonyl (C=O) groups excluding carboxylic acids is 2. The van der Waals surface area contributed by atoms with Gasteiger partial charge in [0.05, 0.1) is 53.5 Å². The van der Waals surface area contributed by atoms with Gasteiger partial charge in [-0.1, -0.05) is 12.1 Å². The van der Waals surface area contributed by atoms with E-state index in [0.29, 0.717) is 65.9 Å². The van der Waals surface area contributed by atoms with Crippen molar-refractivity contribution in [1.29, 1.82) is 0 Å². The van der Waals surface area contributed by atoms with E-state index < -0.39 is 29.1 Å². The van der Waals surface area contributed by atoms with E-state index in [1.54, 1.807) is 24.3 Å². The first kappa shape index (κ1) is 40.1. The normalized spacial score (nSPS) is 20.3. The van der Waals surface area contributed by atoms with Crippen LogP contribution in [0.2, 0.25) is 0 Å². The number of hydrogen-bond acceptors (Lipinski definition) is 9. The number of amides is 2. The minimum Gasteiger partial charge on any atom is -0.444 e. The molecule has 0 saturated carbocycles. The smallest absolute Gasteiger partial charge is 0.416 e. The zero-order valence-corrected chi connectivity index (χ0v) is 29.9. The number of aliphatic hydroxyl groups excluding tert-OH is 2. The van der Waals surface area contributed by atoms with Crippen molar-refractivity contribution < 1.29 is 55.6 Å². The molecule has 11 nitrogen and oxygen atoms in total. The van der Waals surface area contributed by atoms with E-state index in [4.69, 9.17) is 14.6 Å². The molecule has 3 aliphatic rings. The van der Waals surface area contributed by atoms with Crippen molar-refractivity contribution in [3.05, 3.63) is 69.8 Å². The van der Waals surface area contributed by atoms with Crippen LogP contribution in [0.15, 0.2) is 52.5 Å². The molecule has 2 saturated heterocycles. The number of likely N-dealkylation sites (tertiary alicyclic amines) is 2. The molecule has 2 unspecified atom stereocenters. The summed E-state index contributed by atoms with van der Waals surface area (Å²) in [6.45, 7) is 7.41. The van der Waals surface area contributed by atoms with E-state index in [1.165, 1.54) is 15.8 Å². The van der Waals surface area contributed by atoms with Crippen molar-refractivity contribution in [2.75, 3.05) is 39.4 Å². The molecule has 3 aromatic rings. The van der Waals surface area contributed by atoms with Crippen LogP contribution in [0.5, 0.6) is 0 Å². The minimum absolute atomic E-state index is 0.0795. The van der Waals surface area contributed by atoms with Crippen LogP contribution >= 0.6 is 11.8 Å². The molecule has 0 radical (unpaired) electrons. The lowest BCUT2D eigenvalue weighted by Crippen LogP contribution is -2.35. The van der Waals surface area contributed by atoms with Gasteiger partial charge in [-0.15, -0.1) is 0 Å². The summed E-state index contributed by atoms with van der Waals surface area (Å²) in [4.78, 5) is 31.8. The van der Waals surface area contributed by atoms with Crippen molar-refractivity contribution in [1.82, 2.24) is 19.6 Å². The van der Waals surface area contributed by atoms with Crippen molar-refractivity contribution in [2.24, 2.45) is 4.99 Å². The molecule has 1 aromatic heterocycles. The average molecular weight is 772 g/mol. The molecule has 2 aromatic carbocycles. The highest BCUT2D eigenvalue weighted by molar-refractivity contribution is 8.18. The fourth-order valence-electron chi connectivity index (χ4n) is 5.88. The van der Waals surface area contributed by atoms with Gasteiger partial charge in [0.1, 0.15) is 11.4 Å². The Balaban J connectivity index is 0.000000352. The Hall–Kier alpha value is -4.13. The summed E-state index contributed by atoms with van der Waals surface area (Å²) in [5.41, 5.74) is -2.35. The van der Waals surface area contributed by atoms with Crippen LogP contribution in [-0.2, 0) is 28.4 Å². The number of hydrogen-bond donors (Lipinski definition) is 2. The van der Waals surface area contributed by atoms with Crippen LogP contribution < -0.4 is 0 Å². The summed E-state index contributed by atoms with van der Waals surface area (Å²) in [5.74, 6) is 0.530. The number of benzene rings is 2. The number of fused-ring (bicyclic) bond motifs is 1. The van der Waals surface area contributed by atoms with Crippen molar-refractivity contribution >= 4 is 45.9 Å². The largest absolute Gasteiger partial charge is 0.444 e. The lowest BCUT2D eigenvalue weighted by Gasteiger charge is -2.24. The topological polar surface area (TPSA) is 130 Å². The van der Waals surface area contributed by atoms with Gasteiger partial charge < -0.3 is 29.5 Å². The predicted octanol–water partition coefficient (Wildman–Crippen LogP) is 6.80. The standard InChI is InChI=1S/C26H22F6N4O3S.C9H17NO3/c27-25(28,29)18-3-2-16(20(11-18)26(30,31)32)12-36-13-17-9-15(1-4-21(17)34-36)10-22-23(33-24(38)40-22)35-6-5-19(14-35)39-8-7-37;1-9(2,3)13-8(12)10-5-4-7(11)6-10/h1-4,9-11,13,19,37H,5-8,12,14H2;7,11H,4-6H2,1-3H3/b22-10-;. The number of aliphatic imine (C=N–C) groups is 1. The molecule has 6 rings (SSSR count). The Bertz CT molecular complexity index is 1870. The first-order valence-corrected chi connectivity index (χ1v) is 17.5. The highest BCUT2D eigenvalue weighted by Gasteiger charge is 2.38. The first-order chi connectivity index (χ1) is 24.8. The number of halogens is 6. The molecule has 4 heterocycles. The molecule has 2 amide bonds. The third-order valence-corrected chi connectivity index (χ3v) is 9.05. The van der Waals surface area contributed by atoms with Crippen molar-refractivity contribution in [3.63, 3.8) is 0 Å². The zero-order valence-electron chi connectivity index (χ0n) is 29.1. The Kier molecular flexibility index (Phi) is 12.2. The van der Waals surface area contributed by atoms with E-state index in [-0.39, 0.29) is 54.9 Å². The van der Waals surface area contributed by atoms with Crippen LogP contribution in [0.3, 0.4) is 0 Å². The van der Waals surface area contributed by atoms with Crippen LogP contribution in [0.1, 0.15) is 55.9 Å². The number of aliphatic hydroxyl groups is 2. The number of aromatic nitrogens is 2. The Labute approximate surface area is 305 Å². The van der Waals surface area contributed by atoms with E-state index >= 15 is 0 Å². The van der Waals surface area contributed by atoms with Crippen LogP contribution in [0, 0.1) is 0 Å². The number of β-amino-alcohol motifs (C(OH)–C–C–N with tert-alkyl or cyclic N) is 1. The van der Waals surface area contributed by atoms with Gasteiger partial charge in [0.25, 0.3) is 0 Å². The molecule has 2 atom stereocenters. The molecule has 3 aliphatic heterocycles. The van der Waals surface area contributed by atoms with Gasteiger partial charge in [-0.25, -0.2) is 4.79 Å². The third kappa shape index (κ3) is 10.7. The minimum atomic E-state index is -4.97. The van der Waals surface area contributed by atoms with Crippen molar-refractivity contribution in [3.8, 4) is 0 Å².